The minimum Gasteiger partial charge on any atom is -0.480 e. The first kappa shape index (κ1) is 15.2. The first-order chi connectivity index (χ1) is 8.81. The van der Waals surface area contributed by atoms with Crippen LogP contribution >= 0.6 is 11.6 Å². The number of halogens is 2. The Balaban J connectivity index is 2.72. The summed E-state index contributed by atoms with van der Waals surface area (Å²) in [4.78, 5) is 22.5. The molecule has 0 spiro atoms. The predicted molar refractivity (Wildman–Crippen MR) is 69.8 cm³/mol. The Morgan fingerprint density at radius 1 is 1.37 bits per heavy atom. The molecule has 1 aromatic rings. The van der Waals surface area contributed by atoms with E-state index in [2.05, 4.69) is 10.6 Å². The third-order valence-corrected chi connectivity index (χ3v) is 2.63. The van der Waals surface area contributed by atoms with Gasteiger partial charge in [-0.05, 0) is 24.1 Å². The molecule has 0 heterocycles. The number of hydrogen-bond donors (Lipinski definition) is 3. The number of rotatable bonds is 4. The van der Waals surface area contributed by atoms with E-state index in [9.17, 15) is 14.0 Å². The second kappa shape index (κ2) is 6.38. The van der Waals surface area contributed by atoms with Crippen LogP contribution in [0.25, 0.3) is 0 Å². The van der Waals surface area contributed by atoms with Gasteiger partial charge < -0.3 is 15.7 Å². The molecule has 3 N–H and O–H groups in total. The molecule has 0 radical (unpaired) electrons. The fraction of sp³-hybridized carbons (Fsp3) is 0.333. The van der Waals surface area contributed by atoms with E-state index in [1.54, 1.807) is 13.8 Å². The van der Waals surface area contributed by atoms with Crippen molar-refractivity contribution in [2.24, 2.45) is 5.92 Å². The first-order valence-corrected chi connectivity index (χ1v) is 5.94. The second-order valence-electron chi connectivity index (χ2n) is 4.28. The maximum absolute atomic E-state index is 13.4. The predicted octanol–water partition coefficient (Wildman–Crippen LogP) is 2.71. The van der Waals surface area contributed by atoms with Crippen LogP contribution in [-0.2, 0) is 4.79 Å². The number of carbonyl (C=O) groups excluding carboxylic acids is 1. The number of aliphatic carboxylic acids is 1. The standard InChI is InChI=1S/C12H14ClFN2O3/c1-6(2)10(11(17)18)16-12(19)15-9-4-3-7(13)5-8(9)14/h3-6,10H,1-2H3,(H,17,18)(H2,15,16,19). The zero-order valence-corrected chi connectivity index (χ0v) is 11.2. The Labute approximate surface area is 114 Å². The highest BCUT2D eigenvalue weighted by Crippen LogP contribution is 2.18. The Bertz CT molecular complexity index is 494. The second-order valence-corrected chi connectivity index (χ2v) is 4.72. The van der Waals surface area contributed by atoms with Crippen LogP contribution in [0.2, 0.25) is 5.02 Å². The van der Waals surface area contributed by atoms with Crippen LogP contribution in [0.1, 0.15) is 13.8 Å². The normalized spacial score (nSPS) is 12.1. The summed E-state index contributed by atoms with van der Waals surface area (Å²) in [5, 5.41) is 13.6. The van der Waals surface area contributed by atoms with Crippen LogP contribution in [-0.4, -0.2) is 23.1 Å². The van der Waals surface area contributed by atoms with E-state index in [0.717, 1.165) is 6.07 Å². The average Bonchev–Trinajstić information content (AvgIpc) is 2.29. The highest BCUT2D eigenvalue weighted by atomic mass is 35.5. The van der Waals surface area contributed by atoms with Gasteiger partial charge in [-0.2, -0.15) is 0 Å². The van der Waals surface area contributed by atoms with Crippen molar-refractivity contribution in [2.45, 2.75) is 19.9 Å². The van der Waals surface area contributed by atoms with Gasteiger partial charge in [0.05, 0.1) is 5.69 Å². The summed E-state index contributed by atoms with van der Waals surface area (Å²) < 4.78 is 13.4. The van der Waals surface area contributed by atoms with Crippen molar-refractivity contribution in [1.29, 1.82) is 0 Å². The van der Waals surface area contributed by atoms with Gasteiger partial charge in [0.25, 0.3) is 0 Å². The van der Waals surface area contributed by atoms with Gasteiger partial charge in [0.1, 0.15) is 11.9 Å². The van der Waals surface area contributed by atoms with Crippen LogP contribution in [0, 0.1) is 11.7 Å². The number of urea groups is 1. The molecule has 0 fully saturated rings. The van der Waals surface area contributed by atoms with Crippen LogP contribution in [0.3, 0.4) is 0 Å². The van der Waals surface area contributed by atoms with Gasteiger partial charge in [0.15, 0.2) is 0 Å². The molecule has 0 aliphatic heterocycles. The number of amides is 2. The average molecular weight is 289 g/mol. The molecule has 0 saturated carbocycles. The van der Waals surface area contributed by atoms with Crippen molar-refractivity contribution in [3.05, 3.63) is 29.0 Å². The van der Waals surface area contributed by atoms with Crippen LogP contribution in [0.15, 0.2) is 18.2 Å². The van der Waals surface area contributed by atoms with E-state index < -0.39 is 23.9 Å². The summed E-state index contributed by atoms with van der Waals surface area (Å²) in [6.45, 7) is 3.31. The van der Waals surface area contributed by atoms with Crippen LogP contribution in [0.4, 0.5) is 14.9 Å². The minimum absolute atomic E-state index is 0.0743. The molecular formula is C12H14ClFN2O3. The van der Waals surface area contributed by atoms with Crippen LogP contribution in [0.5, 0.6) is 0 Å². The van der Waals surface area contributed by atoms with Gasteiger partial charge in [-0.15, -0.1) is 0 Å². The molecule has 0 aromatic heterocycles. The molecule has 19 heavy (non-hydrogen) atoms. The van der Waals surface area contributed by atoms with E-state index in [4.69, 9.17) is 16.7 Å². The molecule has 1 unspecified atom stereocenters. The third-order valence-electron chi connectivity index (χ3n) is 2.40. The van der Waals surface area contributed by atoms with Gasteiger partial charge in [0.2, 0.25) is 0 Å². The van der Waals surface area contributed by atoms with Gasteiger partial charge in [0, 0.05) is 5.02 Å². The molecule has 0 aliphatic rings. The molecule has 1 rings (SSSR count). The maximum Gasteiger partial charge on any atom is 0.326 e. The fourth-order valence-corrected chi connectivity index (χ4v) is 1.56. The van der Waals surface area contributed by atoms with Crippen molar-refractivity contribution < 1.29 is 19.1 Å². The first-order valence-electron chi connectivity index (χ1n) is 5.56. The minimum atomic E-state index is -1.15. The number of carboxylic acids is 1. The summed E-state index contributed by atoms with van der Waals surface area (Å²) >= 11 is 5.57. The quantitative estimate of drug-likeness (QED) is 0.797. The van der Waals surface area contributed by atoms with Crippen molar-refractivity contribution in [3.63, 3.8) is 0 Å². The molecule has 2 amide bonds. The number of nitrogens with one attached hydrogen (secondary N) is 2. The molecule has 1 aromatic carbocycles. The number of hydrogen-bond acceptors (Lipinski definition) is 2. The SMILES string of the molecule is CC(C)C(NC(=O)Nc1ccc(Cl)cc1F)C(=O)O. The maximum atomic E-state index is 13.4. The van der Waals surface area contributed by atoms with Crippen LogP contribution < -0.4 is 10.6 Å². The lowest BCUT2D eigenvalue weighted by molar-refractivity contribution is -0.140. The lowest BCUT2D eigenvalue weighted by Crippen LogP contribution is -2.46. The molecule has 0 saturated heterocycles. The zero-order valence-electron chi connectivity index (χ0n) is 10.4. The summed E-state index contributed by atoms with van der Waals surface area (Å²) in [6.07, 6.45) is 0. The topological polar surface area (TPSA) is 78.4 Å². The van der Waals surface area contributed by atoms with Crippen molar-refractivity contribution >= 4 is 29.3 Å². The Morgan fingerprint density at radius 3 is 2.47 bits per heavy atom. The molecule has 7 heteroatoms. The number of carboxylic acid groups (broad SMARTS) is 1. The Kier molecular flexibility index (Phi) is 5.11. The van der Waals surface area contributed by atoms with E-state index in [-0.39, 0.29) is 16.6 Å². The van der Waals surface area contributed by atoms with Crippen molar-refractivity contribution in [2.75, 3.05) is 5.32 Å². The van der Waals surface area contributed by atoms with Crippen molar-refractivity contribution in [1.82, 2.24) is 5.32 Å². The smallest absolute Gasteiger partial charge is 0.326 e. The van der Waals surface area contributed by atoms with E-state index >= 15 is 0 Å². The van der Waals surface area contributed by atoms with Gasteiger partial charge in [-0.3, -0.25) is 0 Å². The van der Waals surface area contributed by atoms with Gasteiger partial charge >= 0.3 is 12.0 Å². The van der Waals surface area contributed by atoms with Crippen molar-refractivity contribution in [3.8, 4) is 0 Å². The molecule has 1 atom stereocenters. The number of carbonyl (C=O) groups is 2. The molecular weight excluding hydrogens is 275 g/mol. The lowest BCUT2D eigenvalue weighted by atomic mass is 10.1. The van der Waals surface area contributed by atoms with Gasteiger partial charge in [-0.1, -0.05) is 25.4 Å². The summed E-state index contributed by atoms with van der Waals surface area (Å²) in [5.74, 6) is -2.14. The van der Waals surface area contributed by atoms with E-state index in [1.165, 1.54) is 12.1 Å². The molecule has 104 valence electrons. The zero-order chi connectivity index (χ0) is 14.6. The summed E-state index contributed by atoms with van der Waals surface area (Å²) in [5.41, 5.74) is -0.0743. The highest BCUT2D eigenvalue weighted by Gasteiger charge is 2.23. The summed E-state index contributed by atoms with van der Waals surface area (Å²) in [7, 11) is 0. The lowest BCUT2D eigenvalue weighted by Gasteiger charge is -2.18. The van der Waals surface area contributed by atoms with E-state index in [0.29, 0.717) is 0 Å². The fourth-order valence-electron chi connectivity index (χ4n) is 1.40. The van der Waals surface area contributed by atoms with E-state index in [1.807, 2.05) is 0 Å². The summed E-state index contributed by atoms with van der Waals surface area (Å²) in [6, 6.07) is 1.92. The molecule has 0 aliphatic carbocycles. The third kappa shape index (κ3) is 4.40. The Hall–Kier alpha value is -1.82. The Morgan fingerprint density at radius 2 is 2.00 bits per heavy atom. The largest absolute Gasteiger partial charge is 0.480 e. The monoisotopic (exact) mass is 288 g/mol. The number of anilines is 1. The number of benzene rings is 1. The van der Waals surface area contributed by atoms with Gasteiger partial charge in [-0.25, -0.2) is 14.0 Å². The highest BCUT2D eigenvalue weighted by molar-refractivity contribution is 6.30. The molecule has 5 nitrogen and oxygen atoms in total. The molecule has 0 bridgehead atoms.